The molecule has 0 bridgehead atoms. The fourth-order valence-electron chi connectivity index (χ4n) is 1.16. The predicted octanol–water partition coefficient (Wildman–Crippen LogP) is -4.13. The number of carboxylic acids is 1. The first-order valence-electron chi connectivity index (χ1n) is 3.31. The van der Waals surface area contributed by atoms with Crippen molar-refractivity contribution in [2.75, 3.05) is 0 Å². The second kappa shape index (κ2) is 4.64. The second-order valence-electron chi connectivity index (χ2n) is 2.36. The quantitative estimate of drug-likeness (QED) is 0.402. The van der Waals surface area contributed by atoms with Crippen LogP contribution in [0.4, 0.5) is 0 Å². The summed E-state index contributed by atoms with van der Waals surface area (Å²) in [5.74, 6) is -1.41. The molecule has 0 aliphatic carbocycles. The standard InChI is InChI=1S/C7H9NO3.Na/c1-2-8-5(7(10)11)3-4-6(8)9;/h2,5H,1,3-4H2,(H,10,11);/q;+1/p-1. The van der Waals surface area contributed by atoms with Crippen LogP contribution in [0, 0.1) is 0 Å². The summed E-state index contributed by atoms with van der Waals surface area (Å²) in [6.07, 6.45) is 1.83. The summed E-state index contributed by atoms with van der Waals surface area (Å²) >= 11 is 0. The van der Waals surface area contributed by atoms with Crippen LogP contribution in [0.2, 0.25) is 0 Å². The first-order valence-corrected chi connectivity index (χ1v) is 3.31. The Bertz CT molecular complexity index is 217. The van der Waals surface area contributed by atoms with Gasteiger partial charge in [-0.25, -0.2) is 0 Å². The molecule has 5 heteroatoms. The summed E-state index contributed by atoms with van der Waals surface area (Å²) in [4.78, 5) is 22.4. The Morgan fingerprint density at radius 3 is 2.67 bits per heavy atom. The van der Waals surface area contributed by atoms with Crippen LogP contribution in [-0.2, 0) is 9.59 Å². The number of nitrogens with zero attached hydrogens (tertiary/aromatic N) is 1. The number of amides is 1. The molecule has 0 aromatic rings. The Kier molecular flexibility index (Phi) is 4.52. The van der Waals surface area contributed by atoms with Gasteiger partial charge in [-0.3, -0.25) is 4.79 Å². The molecule has 0 spiro atoms. The van der Waals surface area contributed by atoms with E-state index in [1.54, 1.807) is 0 Å². The zero-order valence-corrected chi connectivity index (χ0v) is 8.95. The van der Waals surface area contributed by atoms with Crippen molar-refractivity contribution in [3.05, 3.63) is 12.8 Å². The molecule has 1 unspecified atom stereocenters. The van der Waals surface area contributed by atoms with Crippen molar-refractivity contribution in [3.63, 3.8) is 0 Å². The van der Waals surface area contributed by atoms with Crippen molar-refractivity contribution in [1.29, 1.82) is 0 Å². The Morgan fingerprint density at radius 2 is 2.33 bits per heavy atom. The van der Waals surface area contributed by atoms with Crippen molar-refractivity contribution in [2.45, 2.75) is 18.9 Å². The molecule has 1 aliphatic rings. The number of aliphatic carboxylic acids is 1. The van der Waals surface area contributed by atoms with Gasteiger partial charge >= 0.3 is 29.6 Å². The molecule has 1 heterocycles. The number of carboxylic acid groups (broad SMARTS) is 1. The fourth-order valence-corrected chi connectivity index (χ4v) is 1.16. The number of hydrogen-bond acceptors (Lipinski definition) is 3. The van der Waals surface area contributed by atoms with E-state index in [0.717, 1.165) is 4.90 Å². The van der Waals surface area contributed by atoms with Crippen molar-refractivity contribution in [1.82, 2.24) is 4.90 Å². The van der Waals surface area contributed by atoms with Crippen LogP contribution in [0.3, 0.4) is 0 Å². The summed E-state index contributed by atoms with van der Waals surface area (Å²) in [5, 5.41) is 10.4. The topological polar surface area (TPSA) is 60.4 Å². The molecule has 4 nitrogen and oxygen atoms in total. The van der Waals surface area contributed by atoms with Crippen molar-refractivity contribution >= 4 is 11.9 Å². The maximum absolute atomic E-state index is 10.9. The molecule has 0 aromatic heterocycles. The van der Waals surface area contributed by atoms with E-state index in [0.29, 0.717) is 6.42 Å². The molecule has 12 heavy (non-hydrogen) atoms. The molecule has 1 saturated heterocycles. The van der Waals surface area contributed by atoms with Crippen LogP contribution >= 0.6 is 0 Å². The number of rotatable bonds is 2. The summed E-state index contributed by atoms with van der Waals surface area (Å²) in [6, 6.07) is -0.806. The molecule has 0 saturated carbocycles. The summed E-state index contributed by atoms with van der Waals surface area (Å²) in [7, 11) is 0. The minimum atomic E-state index is -1.21. The first-order chi connectivity index (χ1) is 5.16. The van der Waals surface area contributed by atoms with E-state index in [1.807, 2.05) is 0 Å². The van der Waals surface area contributed by atoms with E-state index in [1.165, 1.54) is 6.20 Å². The van der Waals surface area contributed by atoms with Gasteiger partial charge in [-0.15, -0.1) is 0 Å². The van der Waals surface area contributed by atoms with Crippen LogP contribution < -0.4 is 34.7 Å². The zero-order chi connectivity index (χ0) is 8.43. The maximum atomic E-state index is 10.9. The van der Waals surface area contributed by atoms with Gasteiger partial charge in [-0.2, -0.15) is 0 Å². The van der Waals surface area contributed by atoms with Gasteiger partial charge in [0, 0.05) is 12.6 Å². The molecule has 60 valence electrons. The summed E-state index contributed by atoms with van der Waals surface area (Å²) in [5.41, 5.74) is 0. The molecule has 0 aromatic carbocycles. The molecule has 1 amide bonds. The van der Waals surface area contributed by atoms with Gasteiger partial charge in [-0.05, 0) is 6.42 Å². The van der Waals surface area contributed by atoms with Crippen LogP contribution in [0.15, 0.2) is 12.8 Å². The molecule has 0 N–H and O–H groups in total. The molecule has 1 rings (SSSR count). The average molecular weight is 177 g/mol. The van der Waals surface area contributed by atoms with E-state index >= 15 is 0 Å². The normalized spacial score (nSPS) is 21.8. The maximum Gasteiger partial charge on any atom is 1.00 e. The van der Waals surface area contributed by atoms with Crippen molar-refractivity contribution in [2.24, 2.45) is 0 Å². The van der Waals surface area contributed by atoms with Crippen LogP contribution in [0.1, 0.15) is 12.8 Å². The third-order valence-corrected chi connectivity index (χ3v) is 1.72. The van der Waals surface area contributed by atoms with E-state index in [2.05, 4.69) is 6.58 Å². The van der Waals surface area contributed by atoms with Gasteiger partial charge < -0.3 is 14.8 Å². The molecule has 1 aliphatic heterocycles. The van der Waals surface area contributed by atoms with Gasteiger partial charge in [0.05, 0.1) is 12.0 Å². The van der Waals surface area contributed by atoms with Crippen molar-refractivity contribution < 1.29 is 44.3 Å². The molecule has 0 radical (unpaired) electrons. The van der Waals surface area contributed by atoms with Gasteiger partial charge in [0.15, 0.2) is 0 Å². The fraction of sp³-hybridized carbons (Fsp3) is 0.429. The minimum absolute atomic E-state index is 0. The number of likely N-dealkylation sites (tertiary alicyclic amines) is 1. The minimum Gasteiger partial charge on any atom is -0.548 e. The SMILES string of the molecule is C=CN1C(=O)CCC1C(=O)[O-].[Na+]. The largest absolute Gasteiger partial charge is 1.00 e. The third-order valence-electron chi connectivity index (χ3n) is 1.72. The molecule has 1 fully saturated rings. The second-order valence-corrected chi connectivity index (χ2v) is 2.36. The van der Waals surface area contributed by atoms with Gasteiger partial charge in [0.25, 0.3) is 0 Å². The van der Waals surface area contributed by atoms with Crippen molar-refractivity contribution in [3.8, 4) is 0 Å². The monoisotopic (exact) mass is 177 g/mol. The number of carbonyl (C=O) groups excluding carboxylic acids is 2. The number of carbonyl (C=O) groups is 2. The molecular weight excluding hydrogens is 169 g/mol. The Labute approximate surface area is 92.5 Å². The Morgan fingerprint density at radius 1 is 1.75 bits per heavy atom. The molecule has 1 atom stereocenters. The van der Waals surface area contributed by atoms with Gasteiger partial charge in [0.2, 0.25) is 5.91 Å². The predicted molar refractivity (Wildman–Crippen MR) is 35.1 cm³/mol. The van der Waals surface area contributed by atoms with Crippen LogP contribution in [-0.4, -0.2) is 22.8 Å². The number of hydrogen-bond donors (Lipinski definition) is 0. The van der Waals surface area contributed by atoms with Crippen LogP contribution in [0.25, 0.3) is 0 Å². The average Bonchev–Trinajstić information content (AvgIpc) is 2.30. The summed E-state index contributed by atoms with van der Waals surface area (Å²) in [6.45, 7) is 3.34. The van der Waals surface area contributed by atoms with Gasteiger partial charge in [0.1, 0.15) is 0 Å². The Hall–Kier alpha value is -0.320. The first kappa shape index (κ1) is 11.7. The van der Waals surface area contributed by atoms with E-state index < -0.39 is 12.0 Å². The van der Waals surface area contributed by atoms with E-state index in [4.69, 9.17) is 0 Å². The molecular formula is C7H8NNaO3. The van der Waals surface area contributed by atoms with E-state index in [-0.39, 0.29) is 41.9 Å². The zero-order valence-electron chi connectivity index (χ0n) is 6.95. The van der Waals surface area contributed by atoms with Gasteiger partial charge in [-0.1, -0.05) is 6.58 Å². The smallest absolute Gasteiger partial charge is 0.548 e. The Balaban J connectivity index is 0.00000121. The van der Waals surface area contributed by atoms with E-state index in [9.17, 15) is 14.7 Å². The third kappa shape index (κ3) is 2.09. The summed E-state index contributed by atoms with van der Waals surface area (Å²) < 4.78 is 0. The van der Waals surface area contributed by atoms with Crippen LogP contribution in [0.5, 0.6) is 0 Å².